The summed E-state index contributed by atoms with van der Waals surface area (Å²) in [5.41, 5.74) is 0.121. The molecule has 2 heterocycles. The molecule has 0 unspecified atom stereocenters. The topological polar surface area (TPSA) is 202 Å². The van der Waals surface area contributed by atoms with Gasteiger partial charge in [0.1, 0.15) is 35.7 Å². The summed E-state index contributed by atoms with van der Waals surface area (Å²) in [6, 6.07) is 4.05. The van der Waals surface area contributed by atoms with E-state index in [1.807, 2.05) is 0 Å². The Bertz CT molecular complexity index is 1120. The van der Waals surface area contributed by atoms with E-state index in [0.29, 0.717) is 10.9 Å². The van der Waals surface area contributed by atoms with Crippen molar-refractivity contribution in [2.45, 2.75) is 56.5 Å². The number of aliphatic carboxylic acids is 1. The second-order valence-corrected chi connectivity index (χ2v) is 7.80. The molecule has 0 saturated carbocycles. The van der Waals surface area contributed by atoms with Crippen LogP contribution in [0.15, 0.2) is 38.5 Å². The van der Waals surface area contributed by atoms with Crippen molar-refractivity contribution in [1.29, 1.82) is 0 Å². The number of nitrogens with zero attached hydrogens (tertiary/aromatic N) is 1. The number of benzene rings is 1. The standard InChI is InChI=1S/C21H25NO11.Na/c1-9-5-16(27)31-15-6-11(3-4-12(9)15)32-21(20(29)30)7-13(25)17(22-10(2)24)19(33-21)18(28)14(26)8-23;/h3-6,13-14,17-19,23,25-26,28H,7-8H2,1-2H3,(H,22,24)(H,29,30);/q;+1/p-1/t13-,14+,17+,18+,19+,21+;/m0./s1. The zero-order chi connectivity index (χ0) is 24.5. The molecule has 3 rings (SSSR count). The number of carbonyl (C=O) groups is 1. The molecule has 180 valence electrons. The van der Waals surface area contributed by atoms with Crippen molar-refractivity contribution >= 4 is 22.8 Å². The summed E-state index contributed by atoms with van der Waals surface area (Å²) in [6.07, 6.45) is -7.76. The van der Waals surface area contributed by atoms with E-state index in [2.05, 4.69) is 4.99 Å². The Kier molecular flexibility index (Phi) is 9.24. The van der Waals surface area contributed by atoms with Crippen LogP contribution in [0, 0.1) is 6.92 Å². The Hall–Kier alpha value is -2.03. The van der Waals surface area contributed by atoms with E-state index in [9.17, 15) is 40.2 Å². The first-order chi connectivity index (χ1) is 15.5. The number of aryl methyl sites for hydroxylation is 1. The first-order valence-corrected chi connectivity index (χ1v) is 9.98. The molecular weight excluding hydrogens is 465 g/mol. The van der Waals surface area contributed by atoms with Crippen LogP contribution in [0.2, 0.25) is 0 Å². The number of carboxylic acid groups (broad SMARTS) is 1. The number of hydrogen-bond acceptors (Lipinski definition) is 11. The third-order valence-electron chi connectivity index (χ3n) is 5.32. The maximum absolute atomic E-state index is 12.2. The minimum absolute atomic E-state index is 0. The number of aliphatic imine (C=N–C) groups is 1. The van der Waals surface area contributed by atoms with E-state index in [-0.39, 0.29) is 40.9 Å². The van der Waals surface area contributed by atoms with Crippen molar-refractivity contribution in [3.05, 3.63) is 40.2 Å². The van der Waals surface area contributed by atoms with Crippen molar-refractivity contribution in [3.8, 4) is 5.75 Å². The molecule has 0 bridgehead atoms. The average molecular weight is 489 g/mol. The summed E-state index contributed by atoms with van der Waals surface area (Å²) in [5.74, 6) is -5.07. The molecule has 6 atom stereocenters. The van der Waals surface area contributed by atoms with Gasteiger partial charge in [-0.3, -0.25) is 4.99 Å². The maximum atomic E-state index is 12.2. The molecule has 1 aromatic heterocycles. The summed E-state index contributed by atoms with van der Waals surface area (Å²) in [5, 5.41) is 62.1. The van der Waals surface area contributed by atoms with Gasteiger partial charge >= 0.3 is 46.9 Å². The van der Waals surface area contributed by atoms with Gasteiger partial charge in [0.25, 0.3) is 0 Å². The molecule has 13 heteroatoms. The van der Waals surface area contributed by atoms with Gasteiger partial charge in [-0.25, -0.2) is 9.59 Å². The quantitative estimate of drug-likeness (QED) is 0.108. The van der Waals surface area contributed by atoms with Gasteiger partial charge < -0.3 is 44.5 Å². The summed E-state index contributed by atoms with van der Waals surface area (Å²) in [6.45, 7) is 1.86. The SMILES string of the molecule is CC([O-])=N[C@H]1[C@H]([C@H](O)[C@H](O)CO)O[C@@](Oc2ccc3c(C)cc(=O)oc3c2)(C(=O)O)C[C@@H]1O.[Na+]. The van der Waals surface area contributed by atoms with Gasteiger partial charge in [0.05, 0.1) is 19.1 Å². The number of carboxylic acids is 1. The Balaban J connectivity index is 0.00000408. The third kappa shape index (κ3) is 5.78. The predicted molar refractivity (Wildman–Crippen MR) is 110 cm³/mol. The van der Waals surface area contributed by atoms with Crippen molar-refractivity contribution < 1.29 is 78.9 Å². The molecule has 1 saturated heterocycles. The second-order valence-electron chi connectivity index (χ2n) is 7.80. The fraction of sp³-hybridized carbons (Fsp3) is 0.476. The van der Waals surface area contributed by atoms with Crippen LogP contribution in [0.4, 0.5) is 0 Å². The minimum Gasteiger partial charge on any atom is -0.862 e. The van der Waals surface area contributed by atoms with Crippen LogP contribution in [0.25, 0.3) is 11.0 Å². The maximum Gasteiger partial charge on any atom is 1.00 e. The molecule has 1 aromatic carbocycles. The number of fused-ring (bicyclic) bond motifs is 1. The van der Waals surface area contributed by atoms with Crippen LogP contribution in [-0.4, -0.2) is 80.3 Å². The monoisotopic (exact) mass is 489 g/mol. The first-order valence-electron chi connectivity index (χ1n) is 9.98. The molecule has 1 aliphatic rings. The van der Waals surface area contributed by atoms with E-state index in [0.717, 1.165) is 6.92 Å². The Labute approximate surface area is 215 Å². The normalized spacial score (nSPS) is 27.0. The number of aliphatic hydroxyl groups is 4. The molecule has 0 spiro atoms. The molecule has 2 aromatic rings. The summed E-state index contributed by atoms with van der Waals surface area (Å²) < 4.78 is 16.2. The van der Waals surface area contributed by atoms with Gasteiger partial charge in [-0.05, 0) is 37.4 Å². The predicted octanol–water partition coefficient (Wildman–Crippen LogP) is -4.72. The van der Waals surface area contributed by atoms with E-state index < -0.39 is 66.8 Å². The number of ether oxygens (including phenoxy) is 2. The van der Waals surface area contributed by atoms with Crippen LogP contribution in [-0.2, 0) is 9.53 Å². The van der Waals surface area contributed by atoms with Crippen LogP contribution < -0.4 is 45.0 Å². The average Bonchev–Trinajstić information content (AvgIpc) is 2.73. The van der Waals surface area contributed by atoms with Crippen LogP contribution in [0.5, 0.6) is 5.75 Å². The third-order valence-corrected chi connectivity index (χ3v) is 5.32. The molecule has 0 radical (unpaired) electrons. The molecule has 1 aliphatic heterocycles. The first kappa shape index (κ1) is 28.2. The number of aliphatic hydroxyl groups excluding tert-OH is 4. The molecule has 34 heavy (non-hydrogen) atoms. The Morgan fingerprint density at radius 1 is 1.35 bits per heavy atom. The van der Waals surface area contributed by atoms with Crippen molar-refractivity contribution in [1.82, 2.24) is 0 Å². The largest absolute Gasteiger partial charge is 1.00 e. The minimum atomic E-state index is -2.57. The van der Waals surface area contributed by atoms with Gasteiger partial charge in [0.2, 0.25) is 0 Å². The van der Waals surface area contributed by atoms with E-state index in [1.165, 1.54) is 24.3 Å². The van der Waals surface area contributed by atoms with E-state index >= 15 is 0 Å². The van der Waals surface area contributed by atoms with Gasteiger partial charge in [0, 0.05) is 17.5 Å². The van der Waals surface area contributed by atoms with Gasteiger partial charge in [0.15, 0.2) is 0 Å². The fourth-order valence-corrected chi connectivity index (χ4v) is 3.73. The van der Waals surface area contributed by atoms with Crippen molar-refractivity contribution in [2.75, 3.05) is 6.61 Å². The Morgan fingerprint density at radius 2 is 2.03 bits per heavy atom. The van der Waals surface area contributed by atoms with Gasteiger partial charge in [-0.1, -0.05) is 0 Å². The smallest absolute Gasteiger partial charge is 0.862 e. The van der Waals surface area contributed by atoms with Crippen molar-refractivity contribution in [2.24, 2.45) is 4.99 Å². The van der Waals surface area contributed by atoms with Crippen LogP contribution in [0.1, 0.15) is 18.9 Å². The number of rotatable bonds is 7. The summed E-state index contributed by atoms with van der Waals surface area (Å²) in [4.78, 5) is 27.6. The zero-order valence-corrected chi connectivity index (χ0v) is 20.7. The molecule has 5 N–H and O–H groups in total. The summed E-state index contributed by atoms with van der Waals surface area (Å²) >= 11 is 0. The van der Waals surface area contributed by atoms with Gasteiger partial charge in [-0.2, -0.15) is 0 Å². The fourth-order valence-electron chi connectivity index (χ4n) is 3.73. The van der Waals surface area contributed by atoms with Crippen LogP contribution >= 0.6 is 0 Å². The molecule has 0 aliphatic carbocycles. The number of hydrogen-bond donors (Lipinski definition) is 5. The zero-order valence-electron chi connectivity index (χ0n) is 18.7. The molecule has 1 fully saturated rings. The van der Waals surface area contributed by atoms with Crippen molar-refractivity contribution in [3.63, 3.8) is 0 Å². The van der Waals surface area contributed by atoms with E-state index in [4.69, 9.17) is 13.9 Å². The second kappa shape index (κ2) is 11.1. The molecule has 0 amide bonds. The summed E-state index contributed by atoms with van der Waals surface area (Å²) in [7, 11) is 0. The van der Waals surface area contributed by atoms with Crippen LogP contribution in [0.3, 0.4) is 0 Å². The van der Waals surface area contributed by atoms with E-state index in [1.54, 1.807) is 6.92 Å². The molecular formula is C21H24NNaO11. The van der Waals surface area contributed by atoms with Gasteiger partial charge in [-0.15, -0.1) is 0 Å². The Morgan fingerprint density at radius 3 is 2.62 bits per heavy atom. The molecule has 12 nitrogen and oxygen atoms in total.